The summed E-state index contributed by atoms with van der Waals surface area (Å²) in [6.07, 6.45) is 1.45. The maximum atomic E-state index is 13.6. The lowest BCUT2D eigenvalue weighted by Crippen LogP contribution is -2.41. The van der Waals surface area contributed by atoms with Gasteiger partial charge in [0.15, 0.2) is 0 Å². The highest BCUT2D eigenvalue weighted by atomic mass is 35.5. The Kier molecular flexibility index (Phi) is 3.49. The number of benzene rings is 2. The van der Waals surface area contributed by atoms with Crippen LogP contribution >= 0.6 is 11.6 Å². The van der Waals surface area contributed by atoms with E-state index in [1.54, 1.807) is 6.07 Å². The standard InChI is InChI=1S/C18H16ClFN2O/c19-17-13-8-10-22(15(13)7-6-14(17)20)16-9-11-21(18(16)23)12-4-2-1-3-5-12/h1-7,16H,8-11H2. The molecule has 2 aromatic carbocycles. The molecule has 1 fully saturated rings. The molecule has 0 N–H and O–H groups in total. The van der Waals surface area contributed by atoms with Crippen molar-refractivity contribution in [3.63, 3.8) is 0 Å². The van der Waals surface area contributed by atoms with Gasteiger partial charge in [-0.25, -0.2) is 4.39 Å². The van der Waals surface area contributed by atoms with Gasteiger partial charge in [0.05, 0.1) is 5.02 Å². The predicted molar refractivity (Wildman–Crippen MR) is 89.7 cm³/mol. The van der Waals surface area contributed by atoms with Gasteiger partial charge in [-0.2, -0.15) is 0 Å². The fraction of sp³-hybridized carbons (Fsp3) is 0.278. The average Bonchev–Trinajstić information content (AvgIpc) is 3.15. The van der Waals surface area contributed by atoms with Crippen LogP contribution in [0.5, 0.6) is 0 Å². The topological polar surface area (TPSA) is 23.6 Å². The van der Waals surface area contributed by atoms with Crippen LogP contribution in [-0.2, 0) is 11.2 Å². The largest absolute Gasteiger partial charge is 0.359 e. The van der Waals surface area contributed by atoms with E-state index in [0.717, 1.165) is 23.4 Å². The van der Waals surface area contributed by atoms with Crippen LogP contribution in [0, 0.1) is 5.82 Å². The Balaban J connectivity index is 1.62. The number of halogens is 2. The molecule has 1 atom stereocenters. The molecule has 2 aromatic rings. The molecule has 3 nitrogen and oxygen atoms in total. The van der Waals surface area contributed by atoms with Crippen molar-refractivity contribution in [1.82, 2.24) is 0 Å². The predicted octanol–water partition coefficient (Wildman–Crippen LogP) is 3.65. The summed E-state index contributed by atoms with van der Waals surface area (Å²) in [4.78, 5) is 16.7. The molecule has 0 saturated carbocycles. The first-order valence-corrected chi connectivity index (χ1v) is 8.14. The number of hydrogen-bond donors (Lipinski definition) is 0. The lowest BCUT2D eigenvalue weighted by molar-refractivity contribution is -0.118. The number of amides is 1. The Morgan fingerprint density at radius 3 is 2.65 bits per heavy atom. The van der Waals surface area contributed by atoms with Crippen molar-refractivity contribution in [2.75, 3.05) is 22.9 Å². The highest BCUT2D eigenvalue weighted by Gasteiger charge is 2.39. The van der Waals surface area contributed by atoms with Gasteiger partial charge in [-0.1, -0.05) is 29.8 Å². The van der Waals surface area contributed by atoms with Crippen LogP contribution in [0.1, 0.15) is 12.0 Å². The molecule has 0 aliphatic carbocycles. The van der Waals surface area contributed by atoms with Crippen LogP contribution in [0.2, 0.25) is 5.02 Å². The zero-order valence-corrected chi connectivity index (χ0v) is 13.3. The van der Waals surface area contributed by atoms with Crippen molar-refractivity contribution >= 4 is 28.9 Å². The lowest BCUT2D eigenvalue weighted by Gasteiger charge is -2.26. The van der Waals surface area contributed by atoms with Crippen LogP contribution in [0.3, 0.4) is 0 Å². The highest BCUT2D eigenvalue weighted by molar-refractivity contribution is 6.32. The molecule has 2 aliphatic heterocycles. The van der Waals surface area contributed by atoms with Gasteiger partial charge in [0.1, 0.15) is 11.9 Å². The summed E-state index contributed by atoms with van der Waals surface area (Å²) in [7, 11) is 0. The van der Waals surface area contributed by atoms with E-state index in [9.17, 15) is 9.18 Å². The number of carbonyl (C=O) groups excluding carboxylic acids is 1. The number of carbonyl (C=O) groups is 1. The third kappa shape index (κ3) is 2.29. The Morgan fingerprint density at radius 2 is 1.87 bits per heavy atom. The number of anilines is 2. The second kappa shape index (κ2) is 5.53. The molecule has 0 spiro atoms. The SMILES string of the molecule is O=C1C(N2CCc3c2ccc(F)c3Cl)CCN1c1ccccc1. The Hall–Kier alpha value is -2.07. The van der Waals surface area contributed by atoms with Gasteiger partial charge in [0, 0.05) is 24.5 Å². The normalized spacial score (nSPS) is 20.3. The molecule has 1 amide bonds. The molecular weight excluding hydrogens is 315 g/mol. The van der Waals surface area contributed by atoms with Gasteiger partial charge in [0.2, 0.25) is 5.91 Å². The number of nitrogens with zero attached hydrogens (tertiary/aromatic N) is 2. The molecule has 118 valence electrons. The minimum atomic E-state index is -0.393. The fourth-order valence-corrected chi connectivity index (χ4v) is 3.84. The number of rotatable bonds is 2. The molecule has 23 heavy (non-hydrogen) atoms. The van der Waals surface area contributed by atoms with Crippen molar-refractivity contribution in [3.05, 3.63) is 58.9 Å². The van der Waals surface area contributed by atoms with E-state index in [2.05, 4.69) is 4.90 Å². The summed E-state index contributed by atoms with van der Waals surface area (Å²) < 4.78 is 13.6. The van der Waals surface area contributed by atoms with E-state index < -0.39 is 5.82 Å². The van der Waals surface area contributed by atoms with E-state index >= 15 is 0 Å². The number of fused-ring (bicyclic) bond motifs is 1. The Labute approximate surface area is 139 Å². The third-order valence-electron chi connectivity index (χ3n) is 4.70. The Bertz CT molecular complexity index is 765. The van der Waals surface area contributed by atoms with Gasteiger partial charge in [0.25, 0.3) is 0 Å². The molecule has 5 heteroatoms. The van der Waals surface area contributed by atoms with Crippen LogP contribution in [0.25, 0.3) is 0 Å². The lowest BCUT2D eigenvalue weighted by atomic mass is 10.1. The minimum Gasteiger partial charge on any atom is -0.359 e. The van der Waals surface area contributed by atoms with Gasteiger partial charge in [-0.05, 0) is 42.7 Å². The van der Waals surface area contributed by atoms with Gasteiger partial charge in [-0.3, -0.25) is 4.79 Å². The zero-order chi connectivity index (χ0) is 16.0. The molecule has 0 bridgehead atoms. The number of para-hydroxylation sites is 1. The van der Waals surface area contributed by atoms with E-state index in [1.165, 1.54) is 6.07 Å². The smallest absolute Gasteiger partial charge is 0.249 e. The van der Waals surface area contributed by atoms with Crippen molar-refractivity contribution in [2.45, 2.75) is 18.9 Å². The van der Waals surface area contributed by atoms with Crippen molar-refractivity contribution < 1.29 is 9.18 Å². The number of hydrogen-bond acceptors (Lipinski definition) is 2. The van der Waals surface area contributed by atoms with Crippen LogP contribution in [0.15, 0.2) is 42.5 Å². The van der Waals surface area contributed by atoms with Crippen molar-refractivity contribution in [2.24, 2.45) is 0 Å². The Morgan fingerprint density at radius 1 is 1.09 bits per heavy atom. The summed E-state index contributed by atoms with van der Waals surface area (Å²) in [5.74, 6) is -0.291. The molecule has 2 aliphatic rings. The zero-order valence-electron chi connectivity index (χ0n) is 12.5. The van der Waals surface area contributed by atoms with Crippen molar-refractivity contribution in [1.29, 1.82) is 0 Å². The molecule has 0 aromatic heterocycles. The first-order chi connectivity index (χ1) is 11.2. The fourth-order valence-electron chi connectivity index (χ4n) is 3.58. The van der Waals surface area contributed by atoms with E-state index in [4.69, 9.17) is 11.6 Å². The van der Waals surface area contributed by atoms with E-state index in [1.807, 2.05) is 35.2 Å². The summed E-state index contributed by atoms with van der Waals surface area (Å²) in [6, 6.07) is 12.6. The summed E-state index contributed by atoms with van der Waals surface area (Å²) >= 11 is 6.07. The first-order valence-electron chi connectivity index (χ1n) is 7.77. The monoisotopic (exact) mass is 330 g/mol. The minimum absolute atomic E-state index is 0.101. The second-order valence-corrected chi connectivity index (χ2v) is 6.31. The quantitative estimate of drug-likeness (QED) is 0.839. The van der Waals surface area contributed by atoms with Crippen molar-refractivity contribution in [3.8, 4) is 0 Å². The summed E-state index contributed by atoms with van der Waals surface area (Å²) in [5.41, 5.74) is 2.64. The second-order valence-electron chi connectivity index (χ2n) is 5.93. The maximum absolute atomic E-state index is 13.6. The molecular formula is C18H16ClFN2O. The average molecular weight is 331 g/mol. The molecule has 0 radical (unpaired) electrons. The van der Waals surface area contributed by atoms with E-state index in [-0.39, 0.29) is 17.0 Å². The maximum Gasteiger partial charge on any atom is 0.249 e. The van der Waals surface area contributed by atoms with E-state index in [0.29, 0.717) is 19.5 Å². The molecule has 2 heterocycles. The summed E-state index contributed by atoms with van der Waals surface area (Å²) in [6.45, 7) is 1.41. The van der Waals surface area contributed by atoms with Gasteiger partial charge in [-0.15, -0.1) is 0 Å². The first kappa shape index (κ1) is 14.5. The molecule has 1 saturated heterocycles. The van der Waals surface area contributed by atoms with Crippen LogP contribution in [0.4, 0.5) is 15.8 Å². The summed E-state index contributed by atoms with van der Waals surface area (Å²) in [5, 5.41) is 0.190. The van der Waals surface area contributed by atoms with Gasteiger partial charge < -0.3 is 9.80 Å². The van der Waals surface area contributed by atoms with Crippen LogP contribution in [-0.4, -0.2) is 25.0 Å². The van der Waals surface area contributed by atoms with Crippen LogP contribution < -0.4 is 9.80 Å². The molecule has 1 unspecified atom stereocenters. The third-order valence-corrected chi connectivity index (χ3v) is 5.11. The highest BCUT2D eigenvalue weighted by Crippen LogP contribution is 2.38. The molecule has 4 rings (SSSR count). The van der Waals surface area contributed by atoms with Gasteiger partial charge >= 0.3 is 0 Å².